The number of ether oxygens (including phenoxy) is 3. The lowest BCUT2D eigenvalue weighted by molar-refractivity contribution is -0.191. The van der Waals surface area contributed by atoms with Crippen LogP contribution in [-0.2, 0) is 37.2 Å². The minimum Gasteiger partial charge on any atom is -0.463 e. The van der Waals surface area contributed by atoms with E-state index in [4.69, 9.17) is 30.6 Å². The molecule has 0 saturated carbocycles. The SMILES string of the molecule is CC(C)COC(=O)C(OCC(C)C)C(OCC(C)C)(C(=O)OCl)P(=O)(O)OCC(C)C. The Balaban J connectivity index is 6.58. The van der Waals surface area contributed by atoms with Crippen molar-refractivity contribution in [1.82, 2.24) is 0 Å². The van der Waals surface area contributed by atoms with Crippen molar-refractivity contribution in [3.05, 3.63) is 0 Å². The molecule has 1 N–H and O–H groups in total. The lowest BCUT2D eigenvalue weighted by Crippen LogP contribution is -2.57. The predicted molar refractivity (Wildman–Crippen MR) is 116 cm³/mol. The van der Waals surface area contributed by atoms with Gasteiger partial charge in [-0.25, -0.2) is 9.59 Å². The fourth-order valence-corrected chi connectivity index (χ4v) is 4.09. The molecule has 0 bridgehead atoms. The molecule has 0 spiro atoms. The maximum Gasteiger partial charge on any atom is 0.374 e. The number of hydrogen-bond donors (Lipinski definition) is 1. The highest BCUT2D eigenvalue weighted by atomic mass is 35.5. The van der Waals surface area contributed by atoms with Crippen molar-refractivity contribution in [2.45, 2.75) is 66.8 Å². The summed E-state index contributed by atoms with van der Waals surface area (Å²) < 4.78 is 39.5. The molecule has 3 atom stereocenters. The Morgan fingerprint density at radius 1 is 0.871 bits per heavy atom. The largest absolute Gasteiger partial charge is 0.463 e. The Morgan fingerprint density at radius 2 is 1.35 bits per heavy atom. The minimum atomic E-state index is -5.04. The summed E-state index contributed by atoms with van der Waals surface area (Å²) in [6.07, 6.45) is -1.94. The molecule has 3 unspecified atom stereocenters. The van der Waals surface area contributed by atoms with E-state index in [1.807, 2.05) is 13.8 Å². The van der Waals surface area contributed by atoms with Gasteiger partial charge in [-0.2, -0.15) is 0 Å². The average Bonchev–Trinajstić information content (AvgIpc) is 2.65. The molecule has 0 aliphatic heterocycles. The molecule has 0 aromatic heterocycles. The smallest absolute Gasteiger partial charge is 0.374 e. The summed E-state index contributed by atoms with van der Waals surface area (Å²) in [5, 5.41) is -2.86. The van der Waals surface area contributed by atoms with E-state index >= 15 is 0 Å². The molecule has 0 heterocycles. The molecule has 0 aliphatic carbocycles. The lowest BCUT2D eigenvalue weighted by Gasteiger charge is -2.38. The van der Waals surface area contributed by atoms with Gasteiger partial charge in [-0.3, -0.25) is 4.57 Å². The molecule has 0 radical (unpaired) electrons. The number of hydrogen-bond acceptors (Lipinski definition) is 8. The zero-order chi connectivity index (χ0) is 24.4. The zero-order valence-corrected chi connectivity index (χ0v) is 21.4. The molecular weight excluding hydrogens is 451 g/mol. The minimum absolute atomic E-state index is 0.000857. The fourth-order valence-electron chi connectivity index (χ4n) is 2.24. The molecule has 11 heteroatoms. The Morgan fingerprint density at radius 3 is 1.77 bits per heavy atom. The number of rotatable bonds is 15. The van der Waals surface area contributed by atoms with E-state index < -0.39 is 31.0 Å². The predicted octanol–water partition coefficient (Wildman–Crippen LogP) is 4.15. The Hall–Kier alpha value is -0.700. The van der Waals surface area contributed by atoms with Gasteiger partial charge in [0.1, 0.15) is 11.9 Å². The van der Waals surface area contributed by atoms with Crippen LogP contribution in [0.2, 0.25) is 0 Å². The number of esters is 1. The second-order valence-corrected chi connectivity index (χ2v) is 11.2. The molecule has 0 rings (SSSR count). The van der Waals surface area contributed by atoms with Crippen LogP contribution in [0.25, 0.3) is 0 Å². The summed E-state index contributed by atoms with van der Waals surface area (Å²) in [6, 6.07) is 0. The van der Waals surface area contributed by atoms with E-state index in [1.165, 1.54) is 0 Å². The van der Waals surface area contributed by atoms with Crippen molar-refractivity contribution in [1.29, 1.82) is 0 Å². The molecule has 0 aromatic rings. The molecule has 0 aliphatic rings. The third kappa shape index (κ3) is 9.36. The first-order valence-corrected chi connectivity index (χ1v) is 12.3. The third-order valence-corrected chi connectivity index (χ3v) is 5.75. The van der Waals surface area contributed by atoms with Gasteiger partial charge >= 0.3 is 24.9 Å². The second-order valence-electron chi connectivity index (χ2n) is 9.11. The van der Waals surface area contributed by atoms with E-state index in [1.54, 1.807) is 41.5 Å². The van der Waals surface area contributed by atoms with Gasteiger partial charge in [-0.05, 0) is 23.7 Å². The normalized spacial score (nSPS) is 17.0. The first kappa shape index (κ1) is 30.3. The van der Waals surface area contributed by atoms with Crippen molar-refractivity contribution < 1.29 is 42.1 Å². The highest BCUT2D eigenvalue weighted by Gasteiger charge is 2.67. The third-order valence-electron chi connectivity index (χ3n) is 3.73. The number of carbonyl (C=O) groups excluding carboxylic acids is 2. The second kappa shape index (κ2) is 13.8. The average molecular weight is 489 g/mol. The van der Waals surface area contributed by atoms with E-state index in [2.05, 4.69) is 4.29 Å². The van der Waals surface area contributed by atoms with E-state index in [-0.39, 0.29) is 50.1 Å². The van der Waals surface area contributed by atoms with Crippen molar-refractivity contribution in [2.24, 2.45) is 23.7 Å². The van der Waals surface area contributed by atoms with Gasteiger partial charge in [-0.1, -0.05) is 55.4 Å². The fraction of sp³-hybridized carbons (Fsp3) is 0.900. The highest BCUT2D eigenvalue weighted by Crippen LogP contribution is 2.59. The molecule has 31 heavy (non-hydrogen) atoms. The summed E-state index contributed by atoms with van der Waals surface area (Å²) in [5.41, 5.74) is 0. The van der Waals surface area contributed by atoms with Crippen molar-refractivity contribution >= 4 is 31.4 Å². The molecule has 0 saturated heterocycles. The van der Waals surface area contributed by atoms with Crippen molar-refractivity contribution in [3.63, 3.8) is 0 Å². The van der Waals surface area contributed by atoms with Gasteiger partial charge < -0.3 is 27.9 Å². The molecule has 184 valence electrons. The lowest BCUT2D eigenvalue weighted by atomic mass is 10.1. The van der Waals surface area contributed by atoms with Crippen LogP contribution in [0.5, 0.6) is 0 Å². The zero-order valence-electron chi connectivity index (χ0n) is 19.8. The Kier molecular flexibility index (Phi) is 13.4. The summed E-state index contributed by atoms with van der Waals surface area (Å²) in [5.74, 6) is -2.96. The highest BCUT2D eigenvalue weighted by molar-refractivity contribution is 7.55. The van der Waals surface area contributed by atoms with E-state index in [0.717, 1.165) is 0 Å². The van der Waals surface area contributed by atoms with Gasteiger partial charge in [0, 0.05) is 0 Å². The van der Waals surface area contributed by atoms with Crippen LogP contribution in [-0.4, -0.2) is 54.7 Å². The first-order valence-electron chi connectivity index (χ1n) is 10.4. The van der Waals surface area contributed by atoms with Crippen LogP contribution in [0.15, 0.2) is 0 Å². The van der Waals surface area contributed by atoms with Gasteiger partial charge in [0.2, 0.25) is 6.10 Å². The molecule has 0 aromatic carbocycles. The van der Waals surface area contributed by atoms with Crippen molar-refractivity contribution in [2.75, 3.05) is 26.4 Å². The summed E-state index contributed by atoms with van der Waals surface area (Å²) in [6.45, 7) is 13.9. The quantitative estimate of drug-likeness (QED) is 0.268. The number of halogens is 1. The maximum atomic E-state index is 13.4. The van der Waals surface area contributed by atoms with Gasteiger partial charge in [0.05, 0.1) is 26.4 Å². The Bertz CT molecular complexity index is 609. The standard InChI is InChI=1S/C20H38ClO9P/c1-13(2)9-26-17(18(22)27-10-14(3)4)20(19(23)30-21,28-11-15(5)6)31(24,25)29-12-16(7)8/h13-17H,9-12H2,1-8H3,(H,24,25). The van der Waals surface area contributed by atoms with Gasteiger partial charge in [0.15, 0.2) is 0 Å². The van der Waals surface area contributed by atoms with Crippen LogP contribution in [0, 0.1) is 23.7 Å². The maximum absolute atomic E-state index is 13.4. The molecule has 0 amide bonds. The summed E-state index contributed by atoms with van der Waals surface area (Å²) in [4.78, 5) is 36.8. The summed E-state index contributed by atoms with van der Waals surface area (Å²) >= 11 is 5.33. The molecular formula is C20H38ClO9P. The number of carbonyl (C=O) groups is 2. The van der Waals surface area contributed by atoms with Gasteiger partial charge in [-0.15, -0.1) is 0 Å². The molecule has 9 nitrogen and oxygen atoms in total. The molecule has 0 fully saturated rings. The summed E-state index contributed by atoms with van der Waals surface area (Å²) in [7, 11) is -5.04. The van der Waals surface area contributed by atoms with E-state index in [0.29, 0.717) is 0 Å². The Labute approximate surface area is 190 Å². The topological polar surface area (TPSA) is 118 Å². The monoisotopic (exact) mass is 488 g/mol. The van der Waals surface area contributed by atoms with Crippen LogP contribution in [0.3, 0.4) is 0 Å². The van der Waals surface area contributed by atoms with E-state index in [9.17, 15) is 19.0 Å². The van der Waals surface area contributed by atoms with Crippen molar-refractivity contribution in [3.8, 4) is 0 Å². The van der Waals surface area contributed by atoms with Crippen LogP contribution in [0.4, 0.5) is 0 Å². The van der Waals surface area contributed by atoms with Crippen LogP contribution in [0.1, 0.15) is 55.4 Å². The first-order chi connectivity index (χ1) is 14.2. The van der Waals surface area contributed by atoms with Crippen LogP contribution < -0.4 is 0 Å². The van der Waals surface area contributed by atoms with Gasteiger partial charge in [0.25, 0.3) is 0 Å². The van der Waals surface area contributed by atoms with Crippen LogP contribution >= 0.6 is 19.5 Å².